The van der Waals surface area contributed by atoms with Crippen LogP contribution in [0.15, 0.2) is 24.3 Å². The molecule has 90 valence electrons. The average molecular weight is 221 g/mol. The van der Waals surface area contributed by atoms with Gasteiger partial charge in [0.25, 0.3) is 0 Å². The van der Waals surface area contributed by atoms with Crippen LogP contribution >= 0.6 is 0 Å². The maximum atomic E-state index is 8.79. The summed E-state index contributed by atoms with van der Waals surface area (Å²) in [5.41, 5.74) is 2.49. The summed E-state index contributed by atoms with van der Waals surface area (Å²) in [6.45, 7) is 5.76. The predicted molar refractivity (Wildman–Crippen MR) is 69.8 cm³/mol. The fourth-order valence-corrected chi connectivity index (χ4v) is 1.56. The lowest BCUT2D eigenvalue weighted by atomic mass is 10.1. The van der Waals surface area contributed by atoms with Crippen molar-refractivity contribution in [3.63, 3.8) is 0 Å². The first kappa shape index (κ1) is 13.0. The Bertz CT molecular complexity index is 299. The van der Waals surface area contributed by atoms with E-state index in [1.165, 1.54) is 17.7 Å². The Morgan fingerprint density at radius 3 is 2.88 bits per heavy atom. The molecular formula is C14H23NO. The third kappa shape index (κ3) is 4.67. The number of anilines is 1. The number of aliphatic hydroxyl groups is 1. The highest BCUT2D eigenvalue weighted by atomic mass is 16.2. The number of aliphatic hydroxyl groups excluding tert-OH is 1. The van der Waals surface area contributed by atoms with Crippen LogP contribution in [0.5, 0.6) is 0 Å². The normalized spacial score (nSPS) is 12.4. The van der Waals surface area contributed by atoms with E-state index in [2.05, 4.69) is 43.4 Å². The number of hydrogen-bond donors (Lipinski definition) is 2. The van der Waals surface area contributed by atoms with Crippen LogP contribution in [-0.4, -0.2) is 18.3 Å². The van der Waals surface area contributed by atoms with Gasteiger partial charge in [0.1, 0.15) is 0 Å². The third-order valence-corrected chi connectivity index (χ3v) is 2.90. The molecule has 16 heavy (non-hydrogen) atoms. The average Bonchev–Trinajstić information content (AvgIpc) is 2.34. The fraction of sp³-hybridized carbons (Fsp3) is 0.571. The summed E-state index contributed by atoms with van der Waals surface area (Å²) < 4.78 is 0. The molecule has 0 aromatic heterocycles. The van der Waals surface area contributed by atoms with E-state index in [0.29, 0.717) is 5.92 Å². The minimum atomic E-state index is 0.268. The molecule has 0 aliphatic rings. The van der Waals surface area contributed by atoms with Gasteiger partial charge in [-0.15, -0.1) is 0 Å². The van der Waals surface area contributed by atoms with Crippen molar-refractivity contribution < 1.29 is 5.11 Å². The number of rotatable bonds is 7. The van der Waals surface area contributed by atoms with E-state index < -0.39 is 0 Å². The van der Waals surface area contributed by atoms with Crippen LogP contribution in [0, 0.1) is 5.92 Å². The molecule has 0 saturated heterocycles. The van der Waals surface area contributed by atoms with Gasteiger partial charge in [-0.2, -0.15) is 0 Å². The van der Waals surface area contributed by atoms with E-state index in [1.54, 1.807) is 0 Å². The maximum absolute atomic E-state index is 8.79. The molecule has 0 aliphatic heterocycles. The second-order valence-electron chi connectivity index (χ2n) is 4.42. The first-order valence-corrected chi connectivity index (χ1v) is 6.20. The van der Waals surface area contributed by atoms with E-state index in [0.717, 1.165) is 19.4 Å². The van der Waals surface area contributed by atoms with Gasteiger partial charge in [-0.05, 0) is 36.5 Å². The number of aryl methyl sites for hydroxylation is 1. The molecule has 1 aromatic carbocycles. The fourth-order valence-electron chi connectivity index (χ4n) is 1.56. The summed E-state index contributed by atoms with van der Waals surface area (Å²) in [4.78, 5) is 0. The summed E-state index contributed by atoms with van der Waals surface area (Å²) >= 11 is 0. The van der Waals surface area contributed by atoms with Gasteiger partial charge < -0.3 is 10.4 Å². The zero-order chi connectivity index (χ0) is 11.8. The second kappa shape index (κ2) is 7.29. The number of nitrogens with one attached hydrogen (secondary N) is 1. The molecule has 1 atom stereocenters. The molecular weight excluding hydrogens is 198 g/mol. The van der Waals surface area contributed by atoms with Crippen molar-refractivity contribution in [1.29, 1.82) is 0 Å². The topological polar surface area (TPSA) is 32.3 Å². The van der Waals surface area contributed by atoms with Gasteiger partial charge in [0.15, 0.2) is 0 Å². The molecule has 0 spiro atoms. The van der Waals surface area contributed by atoms with Crippen molar-refractivity contribution in [2.24, 2.45) is 5.92 Å². The van der Waals surface area contributed by atoms with Crippen LogP contribution in [0.1, 0.15) is 32.3 Å². The summed E-state index contributed by atoms with van der Waals surface area (Å²) in [5, 5.41) is 12.2. The summed E-state index contributed by atoms with van der Waals surface area (Å²) in [7, 11) is 0. The molecule has 1 rings (SSSR count). The van der Waals surface area contributed by atoms with Crippen molar-refractivity contribution in [2.45, 2.75) is 33.1 Å². The molecule has 2 heteroatoms. The summed E-state index contributed by atoms with van der Waals surface area (Å²) in [6.07, 6.45) is 3.00. The van der Waals surface area contributed by atoms with Crippen LogP contribution in [0.25, 0.3) is 0 Å². The van der Waals surface area contributed by atoms with E-state index in [4.69, 9.17) is 5.11 Å². The second-order valence-corrected chi connectivity index (χ2v) is 4.42. The molecule has 2 N–H and O–H groups in total. The molecule has 0 amide bonds. The Morgan fingerprint density at radius 1 is 1.38 bits per heavy atom. The Morgan fingerprint density at radius 2 is 2.19 bits per heavy atom. The van der Waals surface area contributed by atoms with Gasteiger partial charge in [0, 0.05) is 18.8 Å². The van der Waals surface area contributed by atoms with Gasteiger partial charge in [-0.25, -0.2) is 0 Å². The summed E-state index contributed by atoms with van der Waals surface area (Å²) in [6, 6.07) is 8.47. The monoisotopic (exact) mass is 221 g/mol. The molecule has 0 radical (unpaired) electrons. The quantitative estimate of drug-likeness (QED) is 0.741. The largest absolute Gasteiger partial charge is 0.396 e. The first-order chi connectivity index (χ1) is 7.76. The van der Waals surface area contributed by atoms with E-state index in [1.807, 2.05) is 0 Å². The lowest BCUT2D eigenvalue weighted by molar-refractivity contribution is 0.288. The van der Waals surface area contributed by atoms with Gasteiger partial charge in [0.05, 0.1) is 0 Å². The van der Waals surface area contributed by atoms with Crippen molar-refractivity contribution >= 4 is 5.69 Å². The van der Waals surface area contributed by atoms with E-state index in [-0.39, 0.29) is 6.61 Å². The molecule has 1 unspecified atom stereocenters. The lowest BCUT2D eigenvalue weighted by Gasteiger charge is -2.12. The smallest absolute Gasteiger partial charge is 0.0434 e. The van der Waals surface area contributed by atoms with Gasteiger partial charge >= 0.3 is 0 Å². The number of benzene rings is 1. The Labute approximate surface area is 98.7 Å². The van der Waals surface area contributed by atoms with E-state index in [9.17, 15) is 0 Å². The highest BCUT2D eigenvalue weighted by Gasteiger charge is 1.99. The predicted octanol–water partition coefficient (Wildman–Crippen LogP) is 3.07. The van der Waals surface area contributed by atoms with Crippen LogP contribution in [0.2, 0.25) is 0 Å². The van der Waals surface area contributed by atoms with Crippen LogP contribution < -0.4 is 5.32 Å². The van der Waals surface area contributed by atoms with E-state index >= 15 is 0 Å². The molecule has 2 nitrogen and oxygen atoms in total. The van der Waals surface area contributed by atoms with Crippen molar-refractivity contribution in [1.82, 2.24) is 0 Å². The molecule has 1 aromatic rings. The highest BCUT2D eigenvalue weighted by molar-refractivity contribution is 5.45. The van der Waals surface area contributed by atoms with Crippen molar-refractivity contribution in [2.75, 3.05) is 18.5 Å². The highest BCUT2D eigenvalue weighted by Crippen LogP contribution is 2.13. The minimum absolute atomic E-state index is 0.268. The first-order valence-electron chi connectivity index (χ1n) is 6.20. The zero-order valence-corrected chi connectivity index (χ0v) is 10.4. The molecule has 0 bridgehead atoms. The molecule has 0 aliphatic carbocycles. The lowest BCUT2D eigenvalue weighted by Crippen LogP contribution is -2.10. The van der Waals surface area contributed by atoms with Crippen LogP contribution in [0.4, 0.5) is 5.69 Å². The summed E-state index contributed by atoms with van der Waals surface area (Å²) in [5.74, 6) is 0.709. The van der Waals surface area contributed by atoms with Crippen LogP contribution in [-0.2, 0) is 6.42 Å². The van der Waals surface area contributed by atoms with Crippen molar-refractivity contribution in [3.8, 4) is 0 Å². The standard InChI is InChI=1S/C14H23NO/c1-3-12(2)11-15-14-8-4-6-13(10-14)7-5-9-16/h4,6,8,10,12,15-16H,3,5,7,9,11H2,1-2H3. The SMILES string of the molecule is CCC(C)CNc1cccc(CCCO)c1. The Kier molecular flexibility index (Phi) is 5.94. The third-order valence-electron chi connectivity index (χ3n) is 2.90. The van der Waals surface area contributed by atoms with Gasteiger partial charge in [0.2, 0.25) is 0 Å². The van der Waals surface area contributed by atoms with Crippen LogP contribution in [0.3, 0.4) is 0 Å². The minimum Gasteiger partial charge on any atom is -0.396 e. The van der Waals surface area contributed by atoms with Gasteiger partial charge in [-0.1, -0.05) is 32.4 Å². The Hall–Kier alpha value is -1.02. The molecule has 0 fully saturated rings. The van der Waals surface area contributed by atoms with Gasteiger partial charge in [-0.3, -0.25) is 0 Å². The van der Waals surface area contributed by atoms with Crippen molar-refractivity contribution in [3.05, 3.63) is 29.8 Å². The zero-order valence-electron chi connectivity index (χ0n) is 10.4. The maximum Gasteiger partial charge on any atom is 0.0434 e. The Balaban J connectivity index is 2.46. The number of hydrogen-bond acceptors (Lipinski definition) is 2. The molecule has 0 heterocycles. The molecule has 0 saturated carbocycles.